The van der Waals surface area contributed by atoms with Crippen LogP contribution in [0.15, 0.2) is 4.99 Å². The van der Waals surface area contributed by atoms with Crippen molar-refractivity contribution in [1.82, 2.24) is 0 Å². The molecule has 1 heterocycles. The molecule has 0 N–H and O–H groups in total. The summed E-state index contributed by atoms with van der Waals surface area (Å²) in [6, 6.07) is 0. The van der Waals surface area contributed by atoms with Crippen LogP contribution in [0.2, 0.25) is 0 Å². The number of ether oxygens (including phenoxy) is 3. The summed E-state index contributed by atoms with van der Waals surface area (Å²) in [5.74, 6) is 0.719. The van der Waals surface area contributed by atoms with E-state index in [4.69, 9.17) is 49.0 Å². The van der Waals surface area contributed by atoms with Crippen LogP contribution in [0.1, 0.15) is 33.6 Å². The van der Waals surface area contributed by atoms with Gasteiger partial charge in [0.2, 0.25) is 3.79 Å². The second kappa shape index (κ2) is 8.55. The van der Waals surface area contributed by atoms with E-state index in [9.17, 15) is 0 Å². The van der Waals surface area contributed by atoms with Gasteiger partial charge in [0.25, 0.3) is 0 Å². The molecule has 4 nitrogen and oxygen atoms in total. The Kier molecular flexibility index (Phi) is 8.06. The van der Waals surface area contributed by atoms with E-state index < -0.39 is 10.1 Å². The summed E-state index contributed by atoms with van der Waals surface area (Å²) < 4.78 is 15.1. The first-order chi connectivity index (χ1) is 9.63. The van der Waals surface area contributed by atoms with Crippen LogP contribution in [0, 0.1) is 0 Å². The summed E-state index contributed by atoms with van der Waals surface area (Å²) in [4.78, 5) is 4.56. The van der Waals surface area contributed by atoms with E-state index in [1.165, 1.54) is 0 Å². The second-order valence-corrected chi connectivity index (χ2v) is 9.03. The van der Waals surface area contributed by atoms with E-state index in [-0.39, 0.29) is 17.0 Å². The van der Waals surface area contributed by atoms with Crippen molar-refractivity contribution in [2.24, 2.45) is 4.99 Å². The van der Waals surface area contributed by atoms with Crippen LogP contribution in [0.25, 0.3) is 0 Å². The zero-order valence-electron chi connectivity index (χ0n) is 12.4. The van der Waals surface area contributed by atoms with Gasteiger partial charge in [0.15, 0.2) is 12.2 Å². The van der Waals surface area contributed by atoms with Crippen LogP contribution in [0.3, 0.4) is 0 Å². The Morgan fingerprint density at radius 3 is 2.48 bits per heavy atom. The van der Waals surface area contributed by atoms with Gasteiger partial charge < -0.3 is 14.2 Å². The van der Waals surface area contributed by atoms with E-state index in [1.54, 1.807) is 0 Å². The minimum Gasteiger partial charge on any atom is -0.478 e. The van der Waals surface area contributed by atoms with Gasteiger partial charge in [-0.25, -0.2) is 4.99 Å². The minimum absolute atomic E-state index is 0.0141. The standard InChI is InChI=1S/C13H21BrCl3NO3/c1-4-19-10(20-8-13(15,16)17)6-5-9(14)11-18-12(2,3)7-21-11/h9-10H,4-8H2,1-3H3. The summed E-state index contributed by atoms with van der Waals surface area (Å²) in [5.41, 5.74) is -0.160. The number of halogens is 4. The van der Waals surface area contributed by atoms with Crippen LogP contribution < -0.4 is 0 Å². The van der Waals surface area contributed by atoms with Crippen molar-refractivity contribution in [1.29, 1.82) is 0 Å². The third kappa shape index (κ3) is 8.24. The largest absolute Gasteiger partial charge is 0.478 e. The maximum atomic E-state index is 5.68. The molecule has 0 amide bonds. The third-order valence-corrected chi connectivity index (χ3v) is 3.87. The van der Waals surface area contributed by atoms with Crippen molar-refractivity contribution in [2.75, 3.05) is 19.8 Å². The molecule has 1 aliphatic heterocycles. The highest BCUT2D eigenvalue weighted by Crippen LogP contribution is 2.28. The summed E-state index contributed by atoms with van der Waals surface area (Å²) in [7, 11) is 0. The molecule has 0 saturated heterocycles. The molecule has 0 fully saturated rings. The highest BCUT2D eigenvalue weighted by molar-refractivity contribution is 9.10. The van der Waals surface area contributed by atoms with E-state index in [2.05, 4.69) is 20.9 Å². The first kappa shape index (κ1) is 19.8. The van der Waals surface area contributed by atoms with Gasteiger partial charge >= 0.3 is 0 Å². The molecule has 1 rings (SSSR count). The van der Waals surface area contributed by atoms with Crippen molar-refractivity contribution < 1.29 is 14.2 Å². The molecule has 1 aliphatic rings. The van der Waals surface area contributed by atoms with Crippen molar-refractivity contribution in [3.05, 3.63) is 0 Å². The average molecular weight is 426 g/mol. The lowest BCUT2D eigenvalue weighted by molar-refractivity contribution is -0.141. The molecular formula is C13H21BrCl3NO3. The van der Waals surface area contributed by atoms with Gasteiger partial charge in [-0.1, -0.05) is 50.7 Å². The van der Waals surface area contributed by atoms with Gasteiger partial charge in [-0.2, -0.15) is 0 Å². The van der Waals surface area contributed by atoms with Crippen LogP contribution in [0.4, 0.5) is 0 Å². The second-order valence-electron chi connectivity index (χ2n) is 5.41. The van der Waals surface area contributed by atoms with Crippen molar-refractivity contribution in [3.63, 3.8) is 0 Å². The van der Waals surface area contributed by atoms with Gasteiger partial charge in [0.05, 0.1) is 17.0 Å². The zero-order chi connectivity index (χ0) is 16.1. The Morgan fingerprint density at radius 1 is 1.33 bits per heavy atom. The molecule has 2 unspecified atom stereocenters. The van der Waals surface area contributed by atoms with E-state index in [0.29, 0.717) is 19.6 Å². The molecular weight excluding hydrogens is 404 g/mol. The van der Waals surface area contributed by atoms with Gasteiger partial charge in [0, 0.05) is 6.61 Å². The Labute approximate surface area is 149 Å². The maximum absolute atomic E-state index is 5.68. The smallest absolute Gasteiger partial charge is 0.213 e. The third-order valence-electron chi connectivity index (χ3n) is 2.70. The molecule has 0 aromatic carbocycles. The molecule has 8 heteroatoms. The van der Waals surface area contributed by atoms with Crippen LogP contribution >= 0.6 is 50.7 Å². The summed E-state index contributed by atoms with van der Waals surface area (Å²) >= 11 is 20.6. The van der Waals surface area contributed by atoms with Gasteiger partial charge in [-0.3, -0.25) is 0 Å². The number of hydrogen-bond acceptors (Lipinski definition) is 4. The lowest BCUT2D eigenvalue weighted by Crippen LogP contribution is -2.25. The zero-order valence-corrected chi connectivity index (χ0v) is 16.2. The Morgan fingerprint density at radius 2 is 2.00 bits per heavy atom. The summed E-state index contributed by atoms with van der Waals surface area (Å²) in [6.07, 6.45) is 0.980. The molecule has 21 heavy (non-hydrogen) atoms. The van der Waals surface area contributed by atoms with Crippen molar-refractivity contribution in [3.8, 4) is 0 Å². The first-order valence-electron chi connectivity index (χ1n) is 6.79. The summed E-state index contributed by atoms with van der Waals surface area (Å²) in [6.45, 7) is 7.08. The molecule has 0 bridgehead atoms. The predicted molar refractivity (Wildman–Crippen MR) is 91.1 cm³/mol. The number of aliphatic imine (C=N–C) groups is 1. The van der Waals surface area contributed by atoms with Crippen molar-refractivity contribution in [2.45, 2.75) is 54.1 Å². The number of rotatable bonds is 8. The number of hydrogen-bond donors (Lipinski definition) is 0. The van der Waals surface area contributed by atoms with Gasteiger partial charge in [-0.05, 0) is 33.6 Å². The predicted octanol–water partition coefficient (Wildman–Crippen LogP) is 4.49. The average Bonchev–Trinajstić information content (AvgIpc) is 2.72. The molecule has 0 spiro atoms. The fraction of sp³-hybridized carbons (Fsp3) is 0.923. The van der Waals surface area contributed by atoms with E-state index >= 15 is 0 Å². The van der Waals surface area contributed by atoms with Gasteiger partial charge in [0.1, 0.15) is 6.61 Å². The number of alkyl halides is 4. The highest BCUT2D eigenvalue weighted by atomic mass is 79.9. The van der Waals surface area contributed by atoms with E-state index in [1.807, 2.05) is 20.8 Å². The van der Waals surface area contributed by atoms with Crippen LogP contribution in [-0.4, -0.2) is 46.2 Å². The Hall–Kier alpha value is 0.740. The van der Waals surface area contributed by atoms with Crippen LogP contribution in [-0.2, 0) is 14.2 Å². The monoisotopic (exact) mass is 423 g/mol. The molecule has 0 aromatic heterocycles. The molecule has 0 aromatic rings. The SMILES string of the molecule is CCOC(CCC(Br)C1=NC(C)(C)CO1)OCC(Cl)(Cl)Cl. The molecule has 0 saturated carbocycles. The normalized spacial score (nSPS) is 20.8. The van der Waals surface area contributed by atoms with Crippen molar-refractivity contribution >= 4 is 56.6 Å². The quantitative estimate of drug-likeness (QED) is 0.425. The maximum Gasteiger partial charge on any atom is 0.213 e. The topological polar surface area (TPSA) is 40.0 Å². The van der Waals surface area contributed by atoms with E-state index in [0.717, 1.165) is 12.3 Å². The first-order valence-corrected chi connectivity index (χ1v) is 8.84. The molecule has 124 valence electrons. The fourth-order valence-corrected chi connectivity index (χ4v) is 2.46. The van der Waals surface area contributed by atoms with Gasteiger partial charge in [-0.15, -0.1) is 0 Å². The lowest BCUT2D eigenvalue weighted by Gasteiger charge is -2.21. The van der Waals surface area contributed by atoms with Crippen LogP contribution in [0.5, 0.6) is 0 Å². The Balaban J connectivity index is 2.42. The Bertz CT molecular complexity index is 361. The number of nitrogens with zero attached hydrogens (tertiary/aromatic N) is 1. The highest BCUT2D eigenvalue weighted by Gasteiger charge is 2.30. The minimum atomic E-state index is -1.44. The lowest BCUT2D eigenvalue weighted by atomic mass is 10.1. The summed E-state index contributed by atoms with van der Waals surface area (Å²) in [5, 5.41) is 0. The fourth-order valence-electron chi connectivity index (χ4n) is 1.77. The molecule has 2 atom stereocenters. The molecule has 0 radical (unpaired) electrons. The molecule has 0 aliphatic carbocycles.